The molecule has 144 valence electrons. The molecule has 1 amide bonds. The second-order valence-electron chi connectivity index (χ2n) is 5.96. The molecule has 2 aromatic carbocycles. The SMILES string of the molecule is COc1ccc(C(C)=O)cc1CC(=O)Nc1nnc(SCc2ccccc2)s1. The van der Waals surface area contributed by atoms with E-state index in [4.69, 9.17) is 4.74 Å². The fraction of sp³-hybridized carbons (Fsp3) is 0.200. The number of hydrogen-bond donors (Lipinski definition) is 1. The van der Waals surface area contributed by atoms with E-state index in [9.17, 15) is 9.59 Å². The molecule has 0 aliphatic carbocycles. The quantitative estimate of drug-likeness (QED) is 0.338. The number of rotatable bonds is 8. The van der Waals surface area contributed by atoms with Crippen molar-refractivity contribution in [3.05, 3.63) is 65.2 Å². The van der Waals surface area contributed by atoms with Crippen molar-refractivity contribution in [2.45, 2.75) is 23.4 Å². The summed E-state index contributed by atoms with van der Waals surface area (Å²) < 4.78 is 6.08. The first-order valence-corrected chi connectivity index (χ1v) is 10.3. The lowest BCUT2D eigenvalue weighted by Crippen LogP contribution is -2.15. The lowest BCUT2D eigenvalue weighted by Gasteiger charge is -2.09. The minimum Gasteiger partial charge on any atom is -0.496 e. The van der Waals surface area contributed by atoms with Crippen molar-refractivity contribution in [3.63, 3.8) is 0 Å². The monoisotopic (exact) mass is 413 g/mol. The van der Waals surface area contributed by atoms with Crippen LogP contribution in [0.4, 0.5) is 5.13 Å². The van der Waals surface area contributed by atoms with E-state index in [1.165, 1.54) is 30.9 Å². The summed E-state index contributed by atoms with van der Waals surface area (Å²) in [4.78, 5) is 24.0. The number of nitrogens with zero attached hydrogens (tertiary/aromatic N) is 2. The summed E-state index contributed by atoms with van der Waals surface area (Å²) in [5.41, 5.74) is 2.39. The molecule has 0 aliphatic heterocycles. The van der Waals surface area contributed by atoms with Crippen LogP contribution in [0.25, 0.3) is 0 Å². The van der Waals surface area contributed by atoms with Crippen LogP contribution < -0.4 is 10.1 Å². The molecule has 0 aliphatic rings. The Morgan fingerprint density at radius 2 is 1.93 bits per heavy atom. The Morgan fingerprint density at radius 1 is 1.14 bits per heavy atom. The van der Waals surface area contributed by atoms with Gasteiger partial charge < -0.3 is 10.1 Å². The number of thioether (sulfide) groups is 1. The average Bonchev–Trinajstić information content (AvgIpc) is 3.14. The highest BCUT2D eigenvalue weighted by atomic mass is 32.2. The molecule has 1 aromatic heterocycles. The molecule has 3 aromatic rings. The third-order valence-electron chi connectivity index (χ3n) is 3.90. The number of ether oxygens (including phenoxy) is 1. The molecule has 0 saturated carbocycles. The number of ketones is 1. The average molecular weight is 414 g/mol. The number of aromatic nitrogens is 2. The second-order valence-corrected chi connectivity index (χ2v) is 8.16. The molecule has 1 heterocycles. The Morgan fingerprint density at radius 3 is 2.64 bits per heavy atom. The molecular weight excluding hydrogens is 394 g/mol. The number of methoxy groups -OCH3 is 1. The van der Waals surface area contributed by atoms with E-state index >= 15 is 0 Å². The maximum Gasteiger partial charge on any atom is 0.230 e. The zero-order valence-electron chi connectivity index (χ0n) is 15.5. The van der Waals surface area contributed by atoms with Gasteiger partial charge in [0.15, 0.2) is 10.1 Å². The Kier molecular flexibility index (Phi) is 6.78. The number of Topliss-reactive ketones (excluding diaryl/α,β-unsaturated/α-hetero) is 1. The third kappa shape index (κ3) is 5.40. The van der Waals surface area contributed by atoms with E-state index < -0.39 is 0 Å². The van der Waals surface area contributed by atoms with E-state index in [-0.39, 0.29) is 18.1 Å². The molecule has 0 atom stereocenters. The smallest absolute Gasteiger partial charge is 0.230 e. The minimum absolute atomic E-state index is 0.0616. The highest BCUT2D eigenvalue weighted by Gasteiger charge is 2.14. The number of hydrogen-bond acceptors (Lipinski definition) is 7. The first kappa shape index (κ1) is 20.0. The van der Waals surface area contributed by atoms with Gasteiger partial charge in [0.25, 0.3) is 0 Å². The molecule has 3 rings (SSSR count). The first-order valence-electron chi connectivity index (χ1n) is 8.53. The van der Waals surface area contributed by atoms with E-state index in [1.54, 1.807) is 30.0 Å². The summed E-state index contributed by atoms with van der Waals surface area (Å²) in [5.74, 6) is 1.05. The molecular formula is C20H19N3O3S2. The third-order valence-corrected chi connectivity index (χ3v) is 5.94. The molecule has 28 heavy (non-hydrogen) atoms. The van der Waals surface area contributed by atoms with Crippen molar-refractivity contribution in [3.8, 4) is 5.75 Å². The van der Waals surface area contributed by atoms with Crippen LogP contribution in [0.3, 0.4) is 0 Å². The topological polar surface area (TPSA) is 81.2 Å². The fourth-order valence-corrected chi connectivity index (χ4v) is 4.23. The van der Waals surface area contributed by atoms with E-state index in [1.807, 2.05) is 18.2 Å². The van der Waals surface area contributed by atoms with Crippen molar-refractivity contribution < 1.29 is 14.3 Å². The van der Waals surface area contributed by atoms with Crippen molar-refractivity contribution in [1.82, 2.24) is 10.2 Å². The summed E-state index contributed by atoms with van der Waals surface area (Å²) >= 11 is 2.91. The van der Waals surface area contributed by atoms with Gasteiger partial charge in [-0.25, -0.2) is 0 Å². The molecule has 0 fully saturated rings. The van der Waals surface area contributed by atoms with Crippen molar-refractivity contribution in [2.75, 3.05) is 12.4 Å². The van der Waals surface area contributed by atoms with E-state index in [2.05, 4.69) is 27.6 Å². The normalized spacial score (nSPS) is 10.5. The Labute approximate surface area is 171 Å². The summed E-state index contributed by atoms with van der Waals surface area (Å²) in [6.45, 7) is 1.49. The van der Waals surface area contributed by atoms with Crippen molar-refractivity contribution >= 4 is 39.9 Å². The Bertz CT molecular complexity index is 974. The van der Waals surface area contributed by atoms with E-state index in [0.29, 0.717) is 22.0 Å². The predicted molar refractivity (Wildman–Crippen MR) is 111 cm³/mol. The molecule has 6 nitrogen and oxygen atoms in total. The highest BCUT2D eigenvalue weighted by molar-refractivity contribution is 8.00. The summed E-state index contributed by atoms with van der Waals surface area (Å²) in [5, 5.41) is 11.3. The number of carbonyl (C=O) groups excluding carboxylic acids is 2. The second kappa shape index (κ2) is 9.48. The fourth-order valence-electron chi connectivity index (χ4n) is 2.51. The molecule has 0 radical (unpaired) electrons. The zero-order chi connectivity index (χ0) is 19.9. The summed E-state index contributed by atoms with van der Waals surface area (Å²) in [6.07, 6.45) is 0.0797. The standard InChI is InChI=1S/C20H19N3O3S2/c1-13(24)15-8-9-17(26-2)16(10-15)11-18(25)21-19-22-23-20(28-19)27-12-14-6-4-3-5-7-14/h3-10H,11-12H2,1-2H3,(H,21,22,25). The van der Waals surface area contributed by atoms with Gasteiger partial charge in [0.05, 0.1) is 13.5 Å². The van der Waals surface area contributed by atoms with Crippen LogP contribution in [0, 0.1) is 0 Å². The van der Waals surface area contributed by atoms with Crippen LogP contribution >= 0.6 is 23.1 Å². The van der Waals surface area contributed by atoms with Gasteiger partial charge in [-0.2, -0.15) is 0 Å². The summed E-state index contributed by atoms with van der Waals surface area (Å²) in [6, 6.07) is 15.1. The molecule has 8 heteroatoms. The molecule has 0 spiro atoms. The minimum atomic E-state index is -0.241. The lowest BCUT2D eigenvalue weighted by atomic mass is 10.0. The zero-order valence-corrected chi connectivity index (χ0v) is 17.1. The van der Waals surface area contributed by atoms with Gasteiger partial charge in [0.2, 0.25) is 11.0 Å². The Balaban J connectivity index is 1.60. The number of anilines is 1. The predicted octanol–water partition coefficient (Wildman–Crippen LogP) is 4.22. The van der Waals surface area contributed by atoms with Gasteiger partial charge in [-0.3, -0.25) is 9.59 Å². The van der Waals surface area contributed by atoms with Crippen LogP contribution in [0.15, 0.2) is 52.9 Å². The molecule has 0 saturated heterocycles. The van der Waals surface area contributed by atoms with Crippen LogP contribution in [0.2, 0.25) is 0 Å². The van der Waals surface area contributed by atoms with Gasteiger partial charge in [-0.05, 0) is 30.7 Å². The van der Waals surface area contributed by atoms with Crippen molar-refractivity contribution in [2.24, 2.45) is 0 Å². The van der Waals surface area contributed by atoms with Gasteiger partial charge in [0, 0.05) is 16.9 Å². The molecule has 1 N–H and O–H groups in total. The highest BCUT2D eigenvalue weighted by Crippen LogP contribution is 2.28. The first-order chi connectivity index (χ1) is 13.5. The van der Waals surface area contributed by atoms with Crippen LogP contribution in [0.5, 0.6) is 5.75 Å². The van der Waals surface area contributed by atoms with Crippen LogP contribution in [0.1, 0.15) is 28.4 Å². The summed E-state index contributed by atoms with van der Waals surface area (Å²) in [7, 11) is 1.53. The van der Waals surface area contributed by atoms with Gasteiger partial charge in [-0.1, -0.05) is 53.4 Å². The number of carbonyl (C=O) groups is 2. The largest absolute Gasteiger partial charge is 0.496 e. The maximum atomic E-state index is 12.4. The number of benzene rings is 2. The Hall–Kier alpha value is -2.71. The van der Waals surface area contributed by atoms with E-state index in [0.717, 1.165) is 10.1 Å². The van der Waals surface area contributed by atoms with Gasteiger partial charge >= 0.3 is 0 Å². The molecule has 0 bridgehead atoms. The van der Waals surface area contributed by atoms with Crippen LogP contribution in [-0.2, 0) is 17.0 Å². The van der Waals surface area contributed by atoms with Gasteiger partial charge in [-0.15, -0.1) is 10.2 Å². The number of nitrogens with one attached hydrogen (secondary N) is 1. The molecule has 0 unspecified atom stereocenters. The maximum absolute atomic E-state index is 12.4. The number of amides is 1. The van der Waals surface area contributed by atoms with Crippen LogP contribution in [-0.4, -0.2) is 29.0 Å². The van der Waals surface area contributed by atoms with Crippen molar-refractivity contribution in [1.29, 1.82) is 0 Å². The van der Waals surface area contributed by atoms with Gasteiger partial charge in [0.1, 0.15) is 5.75 Å². The lowest BCUT2D eigenvalue weighted by molar-refractivity contribution is -0.115.